The minimum absolute atomic E-state index is 0.115. The number of anilines is 1. The minimum Gasteiger partial charge on any atom is -0.550 e. The number of nitrogens with one attached hydrogen (secondary N) is 2. The van der Waals surface area contributed by atoms with Crippen LogP contribution in [0.2, 0.25) is 0 Å². The van der Waals surface area contributed by atoms with Crippen LogP contribution in [-0.4, -0.2) is 61.3 Å². The van der Waals surface area contributed by atoms with Crippen molar-refractivity contribution < 1.29 is 29.1 Å². The van der Waals surface area contributed by atoms with Gasteiger partial charge in [0.1, 0.15) is 0 Å². The average Bonchev–Trinajstić information content (AvgIpc) is 2.60. The highest BCUT2D eigenvalue weighted by Gasteiger charge is 2.22. The lowest BCUT2D eigenvalue weighted by molar-refractivity contribution is -0.871. The molecular formula is C22H29N3O5. The molecule has 8 nitrogen and oxygen atoms in total. The van der Waals surface area contributed by atoms with Crippen LogP contribution in [0.3, 0.4) is 0 Å². The number of carboxylic acids is 2. The molecule has 0 heterocycles. The van der Waals surface area contributed by atoms with Gasteiger partial charge >= 0.3 is 12.0 Å². The maximum atomic E-state index is 12.2. The molecule has 8 heteroatoms. The number of aliphatic carboxylic acids is 2. The van der Waals surface area contributed by atoms with Crippen LogP contribution in [0.4, 0.5) is 10.5 Å². The first kappa shape index (κ1) is 24.6. The van der Waals surface area contributed by atoms with E-state index in [1.807, 2.05) is 75.7 Å². The molecule has 2 amide bonds. The molecule has 2 rings (SSSR count). The molecule has 0 aliphatic heterocycles. The topological polar surface area (TPSA) is 119 Å². The Morgan fingerprint density at radius 3 is 1.93 bits per heavy atom. The molecule has 0 fully saturated rings. The van der Waals surface area contributed by atoms with Crippen LogP contribution >= 0.6 is 0 Å². The summed E-state index contributed by atoms with van der Waals surface area (Å²) in [4.78, 5) is 32.1. The predicted octanol–water partition coefficient (Wildman–Crippen LogP) is 1.78. The third kappa shape index (κ3) is 10.8. The molecule has 0 radical (unpaired) electrons. The van der Waals surface area contributed by atoms with Gasteiger partial charge in [0, 0.05) is 11.7 Å². The van der Waals surface area contributed by atoms with E-state index in [2.05, 4.69) is 10.6 Å². The number of carbonyl (C=O) groups excluding carboxylic acids is 2. The number of hydrogen-bond donors (Lipinski definition) is 3. The quantitative estimate of drug-likeness (QED) is 0.596. The standard InChI is InChI=1S/C20H25N3O3.C2H4O2/c1-23(2,3)14-18(13-19(24)25)22-20(26)21-17-11-9-16(10-12-17)15-7-5-4-6-8-15;1-2(3)4/h4-12,18H,13-14H2,1-3H3,(H2-,21,22,24,25,26);1H3,(H,3,4). The first-order chi connectivity index (χ1) is 14.0. The van der Waals surface area contributed by atoms with Crippen molar-refractivity contribution in [2.45, 2.75) is 19.4 Å². The summed E-state index contributed by atoms with van der Waals surface area (Å²) < 4.78 is 0.560. The van der Waals surface area contributed by atoms with Crippen LogP contribution in [0, 0.1) is 0 Å². The highest BCUT2D eigenvalue weighted by Crippen LogP contribution is 2.20. The maximum Gasteiger partial charge on any atom is 0.319 e. The van der Waals surface area contributed by atoms with Gasteiger partial charge in [-0.1, -0.05) is 42.5 Å². The van der Waals surface area contributed by atoms with E-state index in [0.717, 1.165) is 18.1 Å². The summed E-state index contributed by atoms with van der Waals surface area (Å²) in [5, 5.41) is 23.4. The Morgan fingerprint density at radius 2 is 1.47 bits per heavy atom. The number of hydrogen-bond acceptors (Lipinski definition) is 4. The van der Waals surface area contributed by atoms with Crippen molar-refractivity contribution in [2.75, 3.05) is 33.0 Å². The van der Waals surface area contributed by atoms with Gasteiger partial charge in [-0.2, -0.15) is 0 Å². The van der Waals surface area contributed by atoms with Gasteiger partial charge in [-0.3, -0.25) is 4.79 Å². The molecule has 1 unspecified atom stereocenters. The second kappa shape index (κ2) is 11.6. The summed E-state index contributed by atoms with van der Waals surface area (Å²) in [7, 11) is 5.87. The van der Waals surface area contributed by atoms with Crippen LogP contribution in [0.15, 0.2) is 54.6 Å². The fourth-order valence-electron chi connectivity index (χ4n) is 2.76. The molecule has 2 aromatic carbocycles. The minimum atomic E-state index is -1.08. The van der Waals surface area contributed by atoms with Crippen LogP contribution < -0.4 is 15.7 Å². The molecule has 1 atom stereocenters. The molecule has 0 spiro atoms. The van der Waals surface area contributed by atoms with E-state index in [1.165, 1.54) is 0 Å². The Labute approximate surface area is 176 Å². The fraction of sp³-hybridized carbons (Fsp3) is 0.318. The third-order valence-electron chi connectivity index (χ3n) is 3.77. The van der Waals surface area contributed by atoms with E-state index >= 15 is 0 Å². The van der Waals surface area contributed by atoms with Gasteiger partial charge in [0.05, 0.1) is 40.2 Å². The number of carbonyl (C=O) groups is 3. The van der Waals surface area contributed by atoms with Crippen LogP contribution in [-0.2, 0) is 9.59 Å². The Balaban J connectivity index is 0.00000103. The van der Waals surface area contributed by atoms with E-state index in [4.69, 9.17) is 15.0 Å². The van der Waals surface area contributed by atoms with E-state index in [-0.39, 0.29) is 6.42 Å². The number of amides is 2. The van der Waals surface area contributed by atoms with Crippen LogP contribution in [0.1, 0.15) is 13.3 Å². The number of nitrogens with zero attached hydrogens (tertiary/aromatic N) is 1. The van der Waals surface area contributed by atoms with Crippen molar-refractivity contribution in [3.05, 3.63) is 54.6 Å². The molecule has 2 aromatic rings. The SMILES string of the molecule is CC(=O)[O-].C[N+](C)(C)CC(CC(=O)O)NC(=O)Nc1ccc(-c2ccccc2)cc1. The molecule has 30 heavy (non-hydrogen) atoms. The summed E-state index contributed by atoms with van der Waals surface area (Å²) >= 11 is 0. The summed E-state index contributed by atoms with van der Waals surface area (Å²) in [6.07, 6.45) is -0.115. The third-order valence-corrected chi connectivity index (χ3v) is 3.77. The number of carboxylic acid groups (broad SMARTS) is 2. The smallest absolute Gasteiger partial charge is 0.319 e. The molecule has 0 saturated carbocycles. The maximum absolute atomic E-state index is 12.2. The Kier molecular flexibility index (Phi) is 9.51. The lowest BCUT2D eigenvalue weighted by Crippen LogP contribution is -2.50. The van der Waals surface area contributed by atoms with E-state index in [0.29, 0.717) is 16.7 Å². The van der Waals surface area contributed by atoms with Gasteiger partial charge in [0.2, 0.25) is 0 Å². The summed E-state index contributed by atoms with van der Waals surface area (Å²) in [5.41, 5.74) is 2.82. The van der Waals surface area contributed by atoms with Gasteiger partial charge in [-0.05, 0) is 30.2 Å². The van der Waals surface area contributed by atoms with Gasteiger partial charge in [-0.15, -0.1) is 0 Å². The van der Waals surface area contributed by atoms with Crippen molar-refractivity contribution in [3.8, 4) is 11.1 Å². The van der Waals surface area contributed by atoms with E-state index in [1.54, 1.807) is 0 Å². The molecule has 3 N–H and O–H groups in total. The largest absolute Gasteiger partial charge is 0.550 e. The number of quaternary nitrogens is 1. The monoisotopic (exact) mass is 415 g/mol. The summed E-state index contributed by atoms with van der Waals surface area (Å²) in [5.74, 6) is -2.02. The molecule has 162 valence electrons. The molecule has 0 aliphatic rings. The van der Waals surface area contributed by atoms with Crippen molar-refractivity contribution in [3.63, 3.8) is 0 Å². The fourth-order valence-corrected chi connectivity index (χ4v) is 2.76. The molecule has 0 bridgehead atoms. The van der Waals surface area contributed by atoms with Gasteiger partial charge in [0.25, 0.3) is 0 Å². The van der Waals surface area contributed by atoms with Gasteiger partial charge < -0.3 is 30.1 Å². The first-order valence-corrected chi connectivity index (χ1v) is 9.39. The Bertz CT molecular complexity index is 826. The molecule has 0 aromatic heterocycles. The van der Waals surface area contributed by atoms with Crippen molar-refractivity contribution in [1.82, 2.24) is 5.32 Å². The number of likely N-dealkylation sites (N-methyl/N-ethyl adjacent to an activating group) is 1. The van der Waals surface area contributed by atoms with Gasteiger partial charge in [0.15, 0.2) is 0 Å². The molecule has 0 saturated heterocycles. The highest BCUT2D eigenvalue weighted by atomic mass is 16.4. The number of benzene rings is 2. The summed E-state index contributed by atoms with van der Waals surface area (Å²) in [6, 6.07) is 16.6. The van der Waals surface area contributed by atoms with E-state index in [9.17, 15) is 9.59 Å². The number of rotatable bonds is 7. The van der Waals surface area contributed by atoms with Crippen LogP contribution in [0.25, 0.3) is 11.1 Å². The highest BCUT2D eigenvalue weighted by molar-refractivity contribution is 5.90. The van der Waals surface area contributed by atoms with Crippen molar-refractivity contribution >= 4 is 23.7 Å². The predicted molar refractivity (Wildman–Crippen MR) is 114 cm³/mol. The van der Waals surface area contributed by atoms with Crippen molar-refractivity contribution in [1.29, 1.82) is 0 Å². The second-order valence-electron chi connectivity index (χ2n) is 7.80. The molecular weight excluding hydrogens is 386 g/mol. The Hall–Kier alpha value is -3.39. The zero-order valence-electron chi connectivity index (χ0n) is 17.7. The zero-order chi connectivity index (χ0) is 22.7. The lowest BCUT2D eigenvalue weighted by Gasteiger charge is -2.29. The molecule has 0 aliphatic carbocycles. The normalized spacial score (nSPS) is 11.5. The van der Waals surface area contributed by atoms with E-state index < -0.39 is 24.0 Å². The summed E-state index contributed by atoms with van der Waals surface area (Å²) in [6.45, 7) is 1.49. The second-order valence-corrected chi connectivity index (χ2v) is 7.80. The van der Waals surface area contributed by atoms with Crippen molar-refractivity contribution in [2.24, 2.45) is 0 Å². The lowest BCUT2D eigenvalue weighted by atomic mass is 10.1. The van der Waals surface area contributed by atoms with Crippen LogP contribution in [0.5, 0.6) is 0 Å². The number of urea groups is 1. The zero-order valence-corrected chi connectivity index (χ0v) is 17.7. The van der Waals surface area contributed by atoms with Gasteiger partial charge in [-0.25, -0.2) is 4.79 Å². The average molecular weight is 415 g/mol. The Morgan fingerprint density at radius 1 is 0.967 bits per heavy atom. The first-order valence-electron chi connectivity index (χ1n) is 9.39.